The topological polar surface area (TPSA) is 76.7 Å². The lowest BCUT2D eigenvalue weighted by molar-refractivity contribution is -0.122. The second-order valence-corrected chi connectivity index (χ2v) is 14.5. The number of nitrogens with one attached hydrogen (secondary N) is 2. The summed E-state index contributed by atoms with van der Waals surface area (Å²) in [4.78, 5) is 25.0. The lowest BCUT2D eigenvalue weighted by Crippen LogP contribution is -2.25. The van der Waals surface area contributed by atoms with Gasteiger partial charge in [-0.25, -0.2) is 0 Å². The van der Waals surface area contributed by atoms with E-state index in [9.17, 15) is 9.59 Å². The van der Waals surface area contributed by atoms with E-state index in [1.54, 1.807) is 0 Å². The van der Waals surface area contributed by atoms with Crippen molar-refractivity contribution in [1.82, 2.24) is 10.6 Å². The number of carbonyl (C=O) groups is 2. The Labute approximate surface area is 316 Å². The maximum absolute atomic E-state index is 12.5. The van der Waals surface area contributed by atoms with E-state index < -0.39 is 0 Å². The number of ether oxygens (including phenoxy) is 2. The summed E-state index contributed by atoms with van der Waals surface area (Å²) in [6.45, 7) is 3.41. The van der Waals surface area contributed by atoms with Crippen LogP contribution < -0.4 is 10.6 Å². The average Bonchev–Trinajstić information content (AvgIpc) is 3.20. The van der Waals surface area contributed by atoms with E-state index in [4.69, 9.17) is 9.47 Å². The molecule has 0 unspecified atom stereocenters. The molecule has 8 rings (SSSR count). The first kappa shape index (κ1) is 35.7. The average molecular weight is 717 g/mol. The molecule has 6 heteroatoms. The lowest BCUT2D eigenvalue weighted by atomic mass is 9.90. The third-order valence-electron chi connectivity index (χ3n) is 10.9. The van der Waals surface area contributed by atoms with Gasteiger partial charge < -0.3 is 20.1 Å². The molecule has 0 aliphatic rings. The number of carbonyl (C=O) groups excluding carboxylic acids is 2. The Bertz CT molecular complexity index is 2320. The first-order valence-corrected chi connectivity index (χ1v) is 19.6. The van der Waals surface area contributed by atoms with E-state index in [1.165, 1.54) is 75.8 Å². The van der Waals surface area contributed by atoms with Crippen LogP contribution in [0.2, 0.25) is 0 Å². The Morgan fingerprint density at radius 1 is 0.407 bits per heavy atom. The highest BCUT2D eigenvalue weighted by Gasteiger charge is 2.13. The van der Waals surface area contributed by atoms with E-state index in [2.05, 4.69) is 120 Å². The number of aryl methyl sites for hydroxylation is 2. The summed E-state index contributed by atoms with van der Waals surface area (Å²) in [5.41, 5.74) is 2.60. The molecular weight excluding hydrogens is 669 g/mol. The Morgan fingerprint density at radius 2 is 0.778 bits per heavy atom. The van der Waals surface area contributed by atoms with Gasteiger partial charge in [0.15, 0.2) is 0 Å². The third kappa shape index (κ3) is 7.82. The SMILES string of the molecule is O=C(CCCc1ccc2ccc3cccc4ccc1c2c34)NCCCOCCOCCCNC(=O)CCCc1ccc2ccc3cccc4ccc1c2c34. The molecule has 54 heavy (non-hydrogen) atoms. The van der Waals surface area contributed by atoms with Gasteiger partial charge in [-0.2, -0.15) is 0 Å². The molecule has 0 spiro atoms. The van der Waals surface area contributed by atoms with Gasteiger partial charge in [0, 0.05) is 39.1 Å². The zero-order valence-electron chi connectivity index (χ0n) is 30.9. The normalized spacial score (nSPS) is 11.9. The lowest BCUT2D eigenvalue weighted by Gasteiger charge is -2.14. The predicted molar refractivity (Wildman–Crippen MR) is 223 cm³/mol. The zero-order valence-corrected chi connectivity index (χ0v) is 30.9. The van der Waals surface area contributed by atoms with Gasteiger partial charge in [0.05, 0.1) is 13.2 Å². The minimum atomic E-state index is 0.0897. The molecule has 0 fully saturated rings. The highest BCUT2D eigenvalue weighted by Crippen LogP contribution is 2.37. The van der Waals surface area contributed by atoms with Crippen molar-refractivity contribution in [3.05, 3.63) is 120 Å². The fourth-order valence-corrected chi connectivity index (χ4v) is 8.21. The van der Waals surface area contributed by atoms with Crippen molar-refractivity contribution < 1.29 is 19.1 Å². The second-order valence-electron chi connectivity index (χ2n) is 14.5. The van der Waals surface area contributed by atoms with Crippen LogP contribution >= 0.6 is 0 Å². The van der Waals surface area contributed by atoms with Crippen LogP contribution in [0.4, 0.5) is 0 Å². The van der Waals surface area contributed by atoms with E-state index in [1.807, 2.05) is 0 Å². The molecule has 2 amide bonds. The van der Waals surface area contributed by atoms with Gasteiger partial charge in [0.25, 0.3) is 0 Å². The summed E-state index contributed by atoms with van der Waals surface area (Å²) in [7, 11) is 0. The smallest absolute Gasteiger partial charge is 0.220 e. The largest absolute Gasteiger partial charge is 0.379 e. The molecule has 0 atom stereocenters. The van der Waals surface area contributed by atoms with Crippen LogP contribution in [0, 0.1) is 0 Å². The molecule has 0 radical (unpaired) electrons. The number of hydrogen-bond acceptors (Lipinski definition) is 4. The summed E-state index contributed by atoms with van der Waals surface area (Å²) in [6.07, 6.45) is 5.95. The van der Waals surface area contributed by atoms with Crippen molar-refractivity contribution >= 4 is 76.4 Å². The molecule has 2 N–H and O–H groups in total. The predicted octanol–water partition coefficient (Wildman–Crippen LogP) is 9.87. The Morgan fingerprint density at radius 3 is 1.20 bits per heavy atom. The van der Waals surface area contributed by atoms with Gasteiger partial charge in [-0.3, -0.25) is 9.59 Å². The molecule has 0 saturated carbocycles. The number of rotatable bonds is 19. The van der Waals surface area contributed by atoms with Crippen molar-refractivity contribution in [2.45, 2.75) is 51.4 Å². The number of amides is 2. The Kier molecular flexibility index (Phi) is 11.1. The van der Waals surface area contributed by atoms with Gasteiger partial charge in [-0.15, -0.1) is 0 Å². The fourth-order valence-electron chi connectivity index (χ4n) is 8.21. The molecule has 0 aromatic heterocycles. The van der Waals surface area contributed by atoms with Crippen LogP contribution in [0.25, 0.3) is 64.6 Å². The minimum absolute atomic E-state index is 0.0897. The van der Waals surface area contributed by atoms with Gasteiger partial charge in [0.1, 0.15) is 0 Å². The van der Waals surface area contributed by atoms with Crippen molar-refractivity contribution in [3.8, 4) is 0 Å². The van der Waals surface area contributed by atoms with Crippen LogP contribution in [-0.4, -0.2) is 51.3 Å². The van der Waals surface area contributed by atoms with Crippen LogP contribution in [0.5, 0.6) is 0 Å². The van der Waals surface area contributed by atoms with E-state index in [0.29, 0.717) is 52.4 Å². The highest BCUT2D eigenvalue weighted by atomic mass is 16.5. The quantitative estimate of drug-likeness (QED) is 0.0646. The molecule has 8 aromatic rings. The van der Waals surface area contributed by atoms with Crippen molar-refractivity contribution in [1.29, 1.82) is 0 Å². The first-order chi connectivity index (χ1) is 26.6. The molecule has 6 nitrogen and oxygen atoms in total. The maximum atomic E-state index is 12.5. The van der Waals surface area contributed by atoms with Gasteiger partial charge in [-0.1, -0.05) is 109 Å². The number of hydrogen-bond donors (Lipinski definition) is 2. The Hall–Kier alpha value is -5.30. The molecule has 0 heterocycles. The highest BCUT2D eigenvalue weighted by molar-refractivity contribution is 6.24. The zero-order chi connectivity index (χ0) is 36.7. The molecule has 8 aromatic carbocycles. The summed E-state index contributed by atoms with van der Waals surface area (Å²) in [5, 5.41) is 21.6. The van der Waals surface area contributed by atoms with Crippen LogP contribution in [0.1, 0.15) is 49.7 Å². The third-order valence-corrected chi connectivity index (χ3v) is 10.9. The second kappa shape index (κ2) is 16.8. The van der Waals surface area contributed by atoms with Crippen LogP contribution in [-0.2, 0) is 31.9 Å². The molecule has 274 valence electrons. The van der Waals surface area contributed by atoms with Crippen molar-refractivity contribution in [2.24, 2.45) is 0 Å². The van der Waals surface area contributed by atoms with E-state index in [-0.39, 0.29) is 11.8 Å². The molecule has 0 bridgehead atoms. The van der Waals surface area contributed by atoms with E-state index >= 15 is 0 Å². The molecule has 0 saturated heterocycles. The fraction of sp³-hybridized carbons (Fsp3) is 0.292. The monoisotopic (exact) mass is 716 g/mol. The molecule has 0 aliphatic heterocycles. The standard InChI is InChI=1S/C48H48N2O4/c51-43(13-3-7-33-15-17-39-21-19-35-9-1-11-37-23-25-41(33)47(39)45(35)37)49-27-5-29-53-31-32-54-30-6-28-50-44(52)14-4-8-34-16-18-40-22-20-36-10-2-12-38-24-26-42(34)48(40)46(36)38/h1-2,9-12,15-26H,3-8,13-14,27-32H2,(H,49,51)(H,50,52). The minimum Gasteiger partial charge on any atom is -0.379 e. The van der Waals surface area contributed by atoms with Gasteiger partial charge in [-0.05, 0) is 114 Å². The van der Waals surface area contributed by atoms with Gasteiger partial charge in [0.2, 0.25) is 11.8 Å². The number of benzene rings is 8. The first-order valence-electron chi connectivity index (χ1n) is 19.6. The summed E-state index contributed by atoms with van der Waals surface area (Å²) < 4.78 is 11.4. The summed E-state index contributed by atoms with van der Waals surface area (Å²) in [5.74, 6) is 0.179. The maximum Gasteiger partial charge on any atom is 0.220 e. The summed E-state index contributed by atoms with van der Waals surface area (Å²) >= 11 is 0. The van der Waals surface area contributed by atoms with E-state index in [0.717, 1.165) is 38.5 Å². The Balaban J connectivity index is 0.646. The van der Waals surface area contributed by atoms with Crippen molar-refractivity contribution in [2.75, 3.05) is 39.5 Å². The van der Waals surface area contributed by atoms with Gasteiger partial charge >= 0.3 is 0 Å². The van der Waals surface area contributed by atoms with Crippen molar-refractivity contribution in [3.63, 3.8) is 0 Å². The molecule has 0 aliphatic carbocycles. The van der Waals surface area contributed by atoms with Crippen LogP contribution in [0.3, 0.4) is 0 Å². The molecular formula is C48H48N2O4. The summed E-state index contributed by atoms with van der Waals surface area (Å²) in [6, 6.07) is 39.6. The van der Waals surface area contributed by atoms with Crippen LogP contribution in [0.15, 0.2) is 109 Å².